The van der Waals surface area contributed by atoms with Crippen molar-refractivity contribution >= 4 is 23.2 Å². The summed E-state index contributed by atoms with van der Waals surface area (Å²) in [6.07, 6.45) is 4.38. The average Bonchev–Trinajstić information content (AvgIpc) is 3.06. The molecule has 0 spiro atoms. The van der Waals surface area contributed by atoms with Gasteiger partial charge in [-0.15, -0.1) is 0 Å². The van der Waals surface area contributed by atoms with Gasteiger partial charge in [0.05, 0.1) is 5.69 Å². The molecule has 0 fully saturated rings. The number of carbonyl (C=O) groups is 1. The molecule has 3 aromatic rings. The van der Waals surface area contributed by atoms with Crippen LogP contribution in [0.25, 0.3) is 11.3 Å². The summed E-state index contributed by atoms with van der Waals surface area (Å²) in [5.41, 5.74) is 5.49. The third-order valence-corrected chi connectivity index (χ3v) is 4.80. The number of aromatic amines is 1. The first-order chi connectivity index (χ1) is 12.2. The summed E-state index contributed by atoms with van der Waals surface area (Å²) in [7, 11) is 0. The third kappa shape index (κ3) is 3.17. The highest BCUT2D eigenvalue weighted by Gasteiger charge is 2.21. The van der Waals surface area contributed by atoms with E-state index < -0.39 is 0 Å². The summed E-state index contributed by atoms with van der Waals surface area (Å²) in [5, 5.41) is 11.2. The predicted molar refractivity (Wildman–Crippen MR) is 100 cm³/mol. The maximum absolute atomic E-state index is 12.8. The molecule has 0 saturated heterocycles. The van der Waals surface area contributed by atoms with E-state index in [0.29, 0.717) is 16.3 Å². The first-order valence-electron chi connectivity index (χ1n) is 8.45. The predicted octanol–water partition coefficient (Wildman–Crippen LogP) is 4.86. The van der Waals surface area contributed by atoms with Gasteiger partial charge in [-0.1, -0.05) is 35.9 Å². The van der Waals surface area contributed by atoms with Gasteiger partial charge in [0.1, 0.15) is 0 Å². The van der Waals surface area contributed by atoms with Crippen LogP contribution in [0, 0.1) is 0 Å². The van der Waals surface area contributed by atoms with Crippen LogP contribution in [0.15, 0.2) is 48.5 Å². The summed E-state index contributed by atoms with van der Waals surface area (Å²) in [6.45, 7) is 0. The van der Waals surface area contributed by atoms with Gasteiger partial charge in [-0.3, -0.25) is 9.89 Å². The minimum Gasteiger partial charge on any atom is -0.322 e. The molecule has 0 saturated carbocycles. The Morgan fingerprint density at radius 3 is 2.80 bits per heavy atom. The van der Waals surface area contributed by atoms with Crippen molar-refractivity contribution in [2.45, 2.75) is 25.7 Å². The molecule has 0 unspecified atom stereocenters. The second-order valence-corrected chi connectivity index (χ2v) is 6.68. The normalized spacial score (nSPS) is 13.3. The first-order valence-corrected chi connectivity index (χ1v) is 8.82. The largest absolute Gasteiger partial charge is 0.322 e. The number of aromatic nitrogens is 2. The lowest BCUT2D eigenvalue weighted by Gasteiger charge is -2.13. The minimum absolute atomic E-state index is 0.162. The number of H-pyrrole nitrogens is 1. The van der Waals surface area contributed by atoms with Crippen LogP contribution in [-0.2, 0) is 12.8 Å². The van der Waals surface area contributed by atoms with Crippen LogP contribution in [0.4, 0.5) is 5.69 Å². The van der Waals surface area contributed by atoms with E-state index >= 15 is 0 Å². The van der Waals surface area contributed by atoms with Crippen molar-refractivity contribution in [3.63, 3.8) is 0 Å². The highest BCUT2D eigenvalue weighted by Crippen LogP contribution is 2.31. The number of rotatable bonds is 3. The Morgan fingerprint density at radius 2 is 1.92 bits per heavy atom. The Bertz CT molecular complexity index is 932. The molecule has 126 valence electrons. The highest BCUT2D eigenvalue weighted by atomic mass is 35.5. The Balaban J connectivity index is 1.70. The molecule has 1 heterocycles. The number of hydrogen-bond donors (Lipinski definition) is 2. The van der Waals surface area contributed by atoms with E-state index in [1.54, 1.807) is 12.1 Å². The Labute approximate surface area is 151 Å². The van der Waals surface area contributed by atoms with Crippen LogP contribution >= 0.6 is 11.6 Å². The van der Waals surface area contributed by atoms with Crippen molar-refractivity contribution in [1.29, 1.82) is 0 Å². The fraction of sp³-hybridized carbons (Fsp3) is 0.200. The van der Waals surface area contributed by atoms with E-state index in [1.165, 1.54) is 17.7 Å². The van der Waals surface area contributed by atoms with Crippen molar-refractivity contribution in [1.82, 2.24) is 10.2 Å². The Kier molecular flexibility index (Phi) is 4.28. The van der Waals surface area contributed by atoms with Crippen molar-refractivity contribution in [2.75, 3.05) is 5.32 Å². The third-order valence-electron chi connectivity index (χ3n) is 4.57. The van der Waals surface area contributed by atoms with E-state index in [9.17, 15) is 4.79 Å². The summed E-state index contributed by atoms with van der Waals surface area (Å²) >= 11 is 6.00. The SMILES string of the molecule is O=C(Nc1cccc(Cl)c1)c1ccccc1-c1n[nH]c2c1CCCC2. The van der Waals surface area contributed by atoms with Gasteiger partial charge in [0.2, 0.25) is 0 Å². The number of benzene rings is 2. The molecule has 0 aliphatic heterocycles. The van der Waals surface area contributed by atoms with Crippen LogP contribution in [-0.4, -0.2) is 16.1 Å². The van der Waals surface area contributed by atoms with Crippen molar-refractivity contribution in [3.05, 3.63) is 70.4 Å². The average molecular weight is 352 g/mol. The van der Waals surface area contributed by atoms with Crippen molar-refractivity contribution in [2.24, 2.45) is 0 Å². The lowest BCUT2D eigenvalue weighted by atomic mass is 9.92. The molecule has 0 bridgehead atoms. The Morgan fingerprint density at radius 1 is 1.08 bits per heavy atom. The summed E-state index contributed by atoms with van der Waals surface area (Å²) < 4.78 is 0. The van der Waals surface area contributed by atoms with Gasteiger partial charge < -0.3 is 5.32 Å². The number of anilines is 1. The molecular formula is C20H18ClN3O. The zero-order chi connectivity index (χ0) is 17.2. The fourth-order valence-corrected chi connectivity index (χ4v) is 3.55. The van der Waals surface area contributed by atoms with Gasteiger partial charge >= 0.3 is 0 Å². The van der Waals surface area contributed by atoms with E-state index in [2.05, 4.69) is 15.5 Å². The summed E-state index contributed by atoms with van der Waals surface area (Å²) in [6, 6.07) is 14.7. The van der Waals surface area contributed by atoms with Crippen LogP contribution in [0.2, 0.25) is 5.02 Å². The molecule has 0 radical (unpaired) electrons. The smallest absolute Gasteiger partial charge is 0.256 e. The second kappa shape index (κ2) is 6.73. The molecule has 5 heteroatoms. The molecular weight excluding hydrogens is 334 g/mol. The molecule has 1 aliphatic rings. The molecule has 1 aliphatic carbocycles. The Hall–Kier alpha value is -2.59. The number of carbonyl (C=O) groups excluding carboxylic acids is 1. The van der Waals surface area contributed by atoms with Gasteiger partial charge in [-0.05, 0) is 49.9 Å². The summed E-state index contributed by atoms with van der Waals surface area (Å²) in [5.74, 6) is -0.162. The standard InChI is InChI=1S/C20H18ClN3O/c21-13-6-5-7-14(12-13)22-20(25)16-9-2-1-8-15(16)19-17-10-3-4-11-18(17)23-24-19/h1-2,5-9,12H,3-4,10-11H2,(H,22,25)(H,23,24). The number of nitrogens with one attached hydrogen (secondary N) is 2. The van der Waals surface area contributed by atoms with Gasteiger partial charge in [0, 0.05) is 33.1 Å². The zero-order valence-electron chi connectivity index (χ0n) is 13.7. The quantitative estimate of drug-likeness (QED) is 0.707. The molecule has 4 rings (SSSR count). The number of amides is 1. The van der Waals surface area contributed by atoms with E-state index in [-0.39, 0.29) is 5.91 Å². The molecule has 1 amide bonds. The molecule has 0 atom stereocenters. The molecule has 25 heavy (non-hydrogen) atoms. The van der Waals surface area contributed by atoms with Crippen LogP contribution in [0.1, 0.15) is 34.5 Å². The lowest BCUT2D eigenvalue weighted by molar-refractivity contribution is 0.102. The number of halogens is 1. The van der Waals surface area contributed by atoms with Gasteiger partial charge in [-0.2, -0.15) is 5.10 Å². The van der Waals surface area contributed by atoms with E-state index in [4.69, 9.17) is 11.6 Å². The second-order valence-electron chi connectivity index (χ2n) is 6.25. The van der Waals surface area contributed by atoms with Crippen LogP contribution < -0.4 is 5.32 Å². The van der Waals surface area contributed by atoms with Crippen molar-refractivity contribution < 1.29 is 4.79 Å². The van der Waals surface area contributed by atoms with Gasteiger partial charge in [-0.25, -0.2) is 0 Å². The monoisotopic (exact) mass is 351 g/mol. The van der Waals surface area contributed by atoms with Crippen LogP contribution in [0.5, 0.6) is 0 Å². The highest BCUT2D eigenvalue weighted by molar-refractivity contribution is 6.31. The number of aryl methyl sites for hydroxylation is 1. The van der Waals surface area contributed by atoms with Gasteiger partial charge in [0.15, 0.2) is 0 Å². The first kappa shape index (κ1) is 15.9. The molecule has 1 aromatic heterocycles. The lowest BCUT2D eigenvalue weighted by Crippen LogP contribution is -2.13. The topological polar surface area (TPSA) is 57.8 Å². The van der Waals surface area contributed by atoms with Crippen LogP contribution in [0.3, 0.4) is 0 Å². The zero-order valence-corrected chi connectivity index (χ0v) is 14.4. The fourth-order valence-electron chi connectivity index (χ4n) is 3.36. The number of hydrogen-bond acceptors (Lipinski definition) is 2. The van der Waals surface area contributed by atoms with E-state index in [1.807, 2.05) is 36.4 Å². The van der Waals surface area contributed by atoms with E-state index in [0.717, 1.165) is 30.5 Å². The minimum atomic E-state index is -0.162. The maximum Gasteiger partial charge on any atom is 0.256 e. The van der Waals surface area contributed by atoms with Gasteiger partial charge in [0.25, 0.3) is 5.91 Å². The maximum atomic E-state index is 12.8. The molecule has 2 N–H and O–H groups in total. The molecule has 4 nitrogen and oxygen atoms in total. The number of nitrogens with zero attached hydrogens (tertiary/aromatic N) is 1. The van der Waals surface area contributed by atoms with Crippen molar-refractivity contribution in [3.8, 4) is 11.3 Å². The number of fused-ring (bicyclic) bond motifs is 1. The molecule has 2 aromatic carbocycles. The summed E-state index contributed by atoms with van der Waals surface area (Å²) in [4.78, 5) is 12.8.